The summed E-state index contributed by atoms with van der Waals surface area (Å²) in [4.78, 5) is 2.42. The van der Waals surface area contributed by atoms with Gasteiger partial charge in [0.05, 0.1) is 0 Å². The molecule has 0 saturated heterocycles. The first-order chi connectivity index (χ1) is 25.9. The van der Waals surface area contributed by atoms with Gasteiger partial charge in [0, 0.05) is 38.8 Å². The molecule has 2 heteroatoms. The summed E-state index contributed by atoms with van der Waals surface area (Å²) in [5, 5.41) is 7.58. The molecule has 0 aliphatic heterocycles. The average molecular weight is 686 g/mol. The number of hydrogen-bond donors (Lipinski definition) is 0. The van der Waals surface area contributed by atoms with E-state index in [-0.39, 0.29) is 10.8 Å². The molecule has 0 atom stereocenters. The minimum Gasteiger partial charge on any atom is -0.455 e. The molecule has 1 aromatic heterocycles. The molecule has 5 aliphatic rings. The average Bonchev–Trinajstić information content (AvgIpc) is 3.66. The molecule has 0 radical (unpaired) electrons. The van der Waals surface area contributed by atoms with Gasteiger partial charge in [0.1, 0.15) is 11.2 Å². The van der Waals surface area contributed by atoms with Crippen molar-refractivity contribution in [2.24, 2.45) is 17.8 Å². The molecule has 7 aromatic carbocycles. The van der Waals surface area contributed by atoms with Crippen LogP contribution in [-0.4, -0.2) is 0 Å². The summed E-state index contributed by atoms with van der Waals surface area (Å²) in [7, 11) is 0. The van der Waals surface area contributed by atoms with Crippen LogP contribution in [0.2, 0.25) is 0 Å². The van der Waals surface area contributed by atoms with Crippen LogP contribution < -0.4 is 4.90 Å². The number of furan rings is 1. The van der Waals surface area contributed by atoms with E-state index in [4.69, 9.17) is 4.42 Å². The zero-order valence-corrected chi connectivity index (χ0v) is 30.5. The van der Waals surface area contributed by atoms with Crippen molar-refractivity contribution in [2.75, 3.05) is 4.90 Å². The minimum atomic E-state index is -0.0750. The van der Waals surface area contributed by atoms with Gasteiger partial charge in [-0.25, -0.2) is 0 Å². The lowest BCUT2D eigenvalue weighted by Crippen LogP contribution is -2.49. The van der Waals surface area contributed by atoms with Crippen LogP contribution in [0, 0.1) is 17.8 Å². The van der Waals surface area contributed by atoms with Crippen molar-refractivity contribution < 1.29 is 4.42 Å². The molecule has 0 N–H and O–H groups in total. The predicted molar refractivity (Wildman–Crippen MR) is 221 cm³/mol. The van der Waals surface area contributed by atoms with Crippen LogP contribution in [-0.2, 0) is 10.8 Å². The molecular weight excluding hydrogens is 643 g/mol. The number of para-hydroxylation sites is 1. The molecule has 13 rings (SSSR count). The first-order valence-corrected chi connectivity index (χ1v) is 19.8. The summed E-state index contributed by atoms with van der Waals surface area (Å²) in [5.74, 6) is 2.64. The predicted octanol–water partition coefficient (Wildman–Crippen LogP) is 14.1. The second-order valence-corrected chi connectivity index (χ2v) is 17.6. The zero-order chi connectivity index (χ0) is 35.1. The van der Waals surface area contributed by atoms with E-state index >= 15 is 0 Å². The van der Waals surface area contributed by atoms with Gasteiger partial charge in [-0.15, -0.1) is 0 Å². The fourth-order valence-electron chi connectivity index (χ4n) is 12.3. The normalized spacial score (nSPS) is 23.6. The van der Waals surface area contributed by atoms with E-state index < -0.39 is 0 Å². The minimum absolute atomic E-state index is 0.0750. The van der Waals surface area contributed by atoms with Gasteiger partial charge in [-0.05, 0) is 154 Å². The Hall–Kier alpha value is -5.34. The summed E-state index contributed by atoms with van der Waals surface area (Å²) >= 11 is 0. The largest absolute Gasteiger partial charge is 0.455 e. The van der Waals surface area contributed by atoms with Crippen molar-refractivity contribution in [3.63, 3.8) is 0 Å². The van der Waals surface area contributed by atoms with E-state index in [1.165, 1.54) is 87.5 Å². The van der Waals surface area contributed by atoms with E-state index in [2.05, 4.69) is 152 Å². The van der Waals surface area contributed by atoms with Crippen LogP contribution in [0.15, 0.2) is 138 Å². The Balaban J connectivity index is 1.10. The van der Waals surface area contributed by atoms with Crippen molar-refractivity contribution >= 4 is 60.5 Å². The molecular formula is C51H43NO. The summed E-state index contributed by atoms with van der Waals surface area (Å²) < 4.78 is 7.05. The monoisotopic (exact) mass is 685 g/mol. The Labute approximate surface area is 311 Å². The van der Waals surface area contributed by atoms with Gasteiger partial charge in [0.25, 0.3) is 0 Å². The second kappa shape index (κ2) is 10.6. The molecule has 4 fully saturated rings. The molecule has 1 heterocycles. The molecule has 53 heavy (non-hydrogen) atoms. The van der Waals surface area contributed by atoms with Gasteiger partial charge in [-0.2, -0.15) is 0 Å². The number of rotatable bonds is 4. The van der Waals surface area contributed by atoms with Gasteiger partial charge in [-0.3, -0.25) is 0 Å². The lowest BCUT2D eigenvalue weighted by atomic mass is 9.47. The van der Waals surface area contributed by atoms with Crippen LogP contribution >= 0.6 is 0 Å². The topological polar surface area (TPSA) is 16.4 Å². The number of anilines is 3. The highest BCUT2D eigenvalue weighted by Crippen LogP contribution is 2.65. The highest BCUT2D eigenvalue weighted by molar-refractivity contribution is 6.14. The molecule has 0 unspecified atom stereocenters. The van der Waals surface area contributed by atoms with Gasteiger partial charge >= 0.3 is 0 Å². The Morgan fingerprint density at radius 1 is 0.528 bits per heavy atom. The first kappa shape index (κ1) is 30.2. The molecule has 5 aliphatic carbocycles. The number of hydrogen-bond acceptors (Lipinski definition) is 2. The molecule has 2 nitrogen and oxygen atoms in total. The maximum absolute atomic E-state index is 7.05. The van der Waals surface area contributed by atoms with Crippen LogP contribution in [0.5, 0.6) is 0 Å². The summed E-state index contributed by atoms with van der Waals surface area (Å²) in [5.41, 5.74) is 13.0. The molecule has 4 saturated carbocycles. The zero-order valence-electron chi connectivity index (χ0n) is 30.5. The molecule has 0 amide bonds. The van der Waals surface area contributed by atoms with Crippen LogP contribution in [0.4, 0.5) is 17.1 Å². The molecule has 258 valence electrons. The van der Waals surface area contributed by atoms with Gasteiger partial charge < -0.3 is 9.32 Å². The van der Waals surface area contributed by atoms with E-state index in [1.54, 1.807) is 11.1 Å². The summed E-state index contributed by atoms with van der Waals surface area (Å²) in [6, 6.07) is 49.7. The first-order valence-electron chi connectivity index (χ1n) is 19.8. The lowest BCUT2D eigenvalue weighted by Gasteiger charge is -2.58. The Kier molecular flexibility index (Phi) is 6.05. The van der Waals surface area contributed by atoms with Crippen molar-refractivity contribution in [1.29, 1.82) is 0 Å². The maximum atomic E-state index is 7.05. The quantitative estimate of drug-likeness (QED) is 0.171. The summed E-state index contributed by atoms with van der Waals surface area (Å²) in [6.07, 6.45) is 8.40. The molecule has 4 bridgehead atoms. The third kappa shape index (κ3) is 4.21. The third-order valence-electron chi connectivity index (χ3n) is 14.1. The number of benzene rings is 7. The number of nitrogens with zero attached hydrogens (tertiary/aromatic N) is 1. The van der Waals surface area contributed by atoms with E-state index in [0.29, 0.717) is 0 Å². The Bertz CT molecular complexity index is 2770. The summed E-state index contributed by atoms with van der Waals surface area (Å²) in [6.45, 7) is 4.94. The SMILES string of the molecule is CC1(C)c2ccccc2-c2c1c(C13CC4CC(CC(C4)C1)C3)cc1c2oc2ccc(N(c3ccccc3)c3ccc4c(ccc5ccccc54)c3)cc21. The van der Waals surface area contributed by atoms with Crippen molar-refractivity contribution in [1.82, 2.24) is 0 Å². The van der Waals surface area contributed by atoms with Gasteiger partial charge in [0.2, 0.25) is 0 Å². The Morgan fingerprint density at radius 3 is 2.00 bits per heavy atom. The standard InChI is InChI=1S/C51H43NO/c1-50(2)44-15-9-8-14-41(44)47-48(50)45(51-28-31-22-32(29-51)24-33(23-31)30-51)27-43-42-26-38(19-21-46(42)53-49(43)47)52(36-11-4-3-5-12-36)37-18-20-40-35(25-37)17-16-34-10-6-7-13-39(34)40/h3-21,25-27,31-33H,22-24,28-30H2,1-2H3. The van der Waals surface area contributed by atoms with Crippen LogP contribution in [0.1, 0.15) is 69.1 Å². The van der Waals surface area contributed by atoms with Gasteiger partial charge in [-0.1, -0.05) is 98.8 Å². The third-order valence-corrected chi connectivity index (χ3v) is 14.1. The van der Waals surface area contributed by atoms with Gasteiger partial charge in [0.15, 0.2) is 0 Å². The second-order valence-electron chi connectivity index (χ2n) is 17.6. The lowest BCUT2D eigenvalue weighted by molar-refractivity contribution is -0.00574. The van der Waals surface area contributed by atoms with E-state index in [9.17, 15) is 0 Å². The van der Waals surface area contributed by atoms with Crippen molar-refractivity contribution in [2.45, 2.75) is 63.2 Å². The van der Waals surface area contributed by atoms with E-state index in [0.717, 1.165) is 46.0 Å². The molecule has 0 spiro atoms. The Morgan fingerprint density at radius 2 is 1.19 bits per heavy atom. The van der Waals surface area contributed by atoms with Crippen LogP contribution in [0.25, 0.3) is 54.6 Å². The highest BCUT2D eigenvalue weighted by atomic mass is 16.3. The fraction of sp³-hybridized carbons (Fsp3) is 0.255. The van der Waals surface area contributed by atoms with E-state index in [1.807, 2.05) is 0 Å². The maximum Gasteiger partial charge on any atom is 0.143 e. The van der Waals surface area contributed by atoms with Crippen LogP contribution in [0.3, 0.4) is 0 Å². The fourth-order valence-corrected chi connectivity index (χ4v) is 12.3. The van der Waals surface area contributed by atoms with Crippen molar-refractivity contribution in [3.8, 4) is 11.1 Å². The highest BCUT2D eigenvalue weighted by Gasteiger charge is 2.54. The molecule has 8 aromatic rings. The number of fused-ring (bicyclic) bond motifs is 10. The van der Waals surface area contributed by atoms with Crippen molar-refractivity contribution in [3.05, 3.63) is 150 Å². The smallest absolute Gasteiger partial charge is 0.143 e.